The molecule has 2 N–H and O–H groups in total. The number of hydrogen-bond donors (Lipinski definition) is 2. The fourth-order valence-corrected chi connectivity index (χ4v) is 4.72. The number of rotatable bonds is 4. The maximum absolute atomic E-state index is 13.5. The van der Waals surface area contributed by atoms with Gasteiger partial charge in [-0.3, -0.25) is 9.36 Å². The highest BCUT2D eigenvalue weighted by atomic mass is 16.3. The second kappa shape index (κ2) is 7.10. The fourth-order valence-electron chi connectivity index (χ4n) is 4.72. The number of hydrogen-bond acceptors (Lipinski definition) is 5. The van der Waals surface area contributed by atoms with E-state index in [0.29, 0.717) is 35.7 Å². The molecule has 6 heteroatoms. The normalized spacial score (nSPS) is 25.2. The highest BCUT2D eigenvalue weighted by molar-refractivity contribution is 6.04. The Hall–Kier alpha value is -2.47. The third-order valence-electron chi connectivity index (χ3n) is 6.83. The van der Waals surface area contributed by atoms with Gasteiger partial charge in [-0.1, -0.05) is 24.6 Å². The van der Waals surface area contributed by atoms with Crippen molar-refractivity contribution in [2.45, 2.75) is 63.5 Å². The highest BCUT2D eigenvalue weighted by Gasteiger charge is 2.31. The molecule has 2 fully saturated rings. The van der Waals surface area contributed by atoms with E-state index in [1.807, 2.05) is 42.0 Å². The van der Waals surface area contributed by atoms with Crippen LogP contribution in [-0.4, -0.2) is 31.8 Å². The zero-order valence-corrected chi connectivity index (χ0v) is 16.9. The van der Waals surface area contributed by atoms with Gasteiger partial charge >= 0.3 is 0 Å². The van der Waals surface area contributed by atoms with Gasteiger partial charge < -0.3 is 10.4 Å². The molecule has 0 atom stereocenters. The lowest BCUT2D eigenvalue weighted by atomic mass is 9.83. The van der Waals surface area contributed by atoms with Crippen molar-refractivity contribution in [3.05, 3.63) is 40.8 Å². The molecule has 0 bridgehead atoms. The van der Waals surface area contributed by atoms with Crippen molar-refractivity contribution in [3.63, 3.8) is 0 Å². The third kappa shape index (κ3) is 3.39. The zero-order chi connectivity index (χ0) is 20.0. The summed E-state index contributed by atoms with van der Waals surface area (Å²) < 4.78 is 1.86. The minimum atomic E-state index is -0.642. The lowest BCUT2D eigenvalue weighted by Crippen LogP contribution is -2.35. The summed E-state index contributed by atoms with van der Waals surface area (Å²) in [5.74, 6) is 1.30. The maximum atomic E-state index is 13.5. The molecule has 1 aromatic carbocycles. The lowest BCUT2D eigenvalue weighted by Gasteiger charge is -2.34. The quantitative estimate of drug-likeness (QED) is 0.656. The minimum Gasteiger partial charge on any atom is -0.390 e. The van der Waals surface area contributed by atoms with E-state index in [0.717, 1.165) is 30.2 Å². The number of anilines is 1. The summed E-state index contributed by atoms with van der Waals surface area (Å²) >= 11 is 0. The molecular weight excluding hydrogens is 364 g/mol. The number of aromatic nitrogens is 3. The van der Waals surface area contributed by atoms with Gasteiger partial charge in [0, 0.05) is 29.6 Å². The Bertz CT molecular complexity index is 1110. The first-order chi connectivity index (χ1) is 14.0. The van der Waals surface area contributed by atoms with E-state index in [9.17, 15) is 9.90 Å². The summed E-state index contributed by atoms with van der Waals surface area (Å²) in [5, 5.41) is 16.3. The van der Waals surface area contributed by atoms with E-state index in [1.54, 1.807) is 0 Å². The first kappa shape index (κ1) is 18.6. The topological polar surface area (TPSA) is 80.0 Å². The Morgan fingerprint density at radius 1 is 1.14 bits per heavy atom. The molecule has 152 valence electrons. The molecule has 5 rings (SSSR count). The Labute approximate surface area is 170 Å². The summed E-state index contributed by atoms with van der Waals surface area (Å²) in [4.78, 5) is 22.8. The Morgan fingerprint density at radius 3 is 2.55 bits per heavy atom. The van der Waals surface area contributed by atoms with Crippen LogP contribution in [0.1, 0.15) is 57.9 Å². The smallest absolute Gasteiger partial charge is 0.260 e. The van der Waals surface area contributed by atoms with Crippen LogP contribution in [-0.2, 0) is 0 Å². The molecule has 29 heavy (non-hydrogen) atoms. The largest absolute Gasteiger partial charge is 0.390 e. The van der Waals surface area contributed by atoms with Crippen LogP contribution in [0, 0.1) is 5.92 Å². The molecule has 0 unspecified atom stereocenters. The van der Waals surface area contributed by atoms with Crippen LogP contribution in [0.25, 0.3) is 21.8 Å². The lowest BCUT2D eigenvalue weighted by molar-refractivity contribution is 0.0100. The first-order valence-electron chi connectivity index (χ1n) is 10.8. The number of nitrogens with one attached hydrogen (secondary N) is 1. The fraction of sp³-hybridized carbons (Fsp3) is 0.522. The predicted octanol–water partition coefficient (Wildman–Crippen LogP) is 4.02. The van der Waals surface area contributed by atoms with Gasteiger partial charge in [-0.25, -0.2) is 4.98 Å². The summed E-state index contributed by atoms with van der Waals surface area (Å²) in [5.41, 5.74) is 0.0617. The molecule has 0 amide bonds. The Balaban J connectivity index is 1.62. The molecule has 2 saturated carbocycles. The Kier molecular flexibility index (Phi) is 4.54. The molecule has 0 spiro atoms. The average Bonchev–Trinajstić information content (AvgIpc) is 2.68. The van der Waals surface area contributed by atoms with Gasteiger partial charge in [-0.15, -0.1) is 0 Å². The molecule has 2 aliphatic rings. The monoisotopic (exact) mass is 392 g/mol. The molecule has 6 nitrogen and oxygen atoms in total. The van der Waals surface area contributed by atoms with Crippen LogP contribution in [0.15, 0.2) is 35.3 Å². The molecule has 0 aliphatic heterocycles. The second-order valence-electron chi connectivity index (χ2n) is 9.06. The van der Waals surface area contributed by atoms with E-state index in [-0.39, 0.29) is 11.6 Å². The molecule has 2 aromatic heterocycles. The standard InChI is InChI=1S/C23H28N4O2/c1-23(29)11-9-16(10-12-23)27-20-19(17-7-2-3-8-18(17)21(27)28)14-25-22(26-20)24-13-15-5-4-6-15/h2-3,7-8,14-16,29H,4-6,9-13H2,1H3,(H,24,25,26). The van der Waals surface area contributed by atoms with E-state index >= 15 is 0 Å². The second-order valence-corrected chi connectivity index (χ2v) is 9.06. The van der Waals surface area contributed by atoms with Crippen molar-refractivity contribution in [1.82, 2.24) is 14.5 Å². The van der Waals surface area contributed by atoms with Crippen LogP contribution in [0.2, 0.25) is 0 Å². The van der Waals surface area contributed by atoms with E-state index in [1.165, 1.54) is 19.3 Å². The highest BCUT2D eigenvalue weighted by Crippen LogP contribution is 2.36. The van der Waals surface area contributed by atoms with Crippen molar-refractivity contribution >= 4 is 27.8 Å². The zero-order valence-electron chi connectivity index (χ0n) is 16.9. The number of aliphatic hydroxyl groups is 1. The summed E-state index contributed by atoms with van der Waals surface area (Å²) in [6, 6.07) is 7.76. The van der Waals surface area contributed by atoms with E-state index in [2.05, 4.69) is 10.3 Å². The van der Waals surface area contributed by atoms with Gasteiger partial charge in [0.2, 0.25) is 5.95 Å². The molecular formula is C23H28N4O2. The number of fused-ring (bicyclic) bond motifs is 3. The van der Waals surface area contributed by atoms with Crippen molar-refractivity contribution in [3.8, 4) is 0 Å². The van der Waals surface area contributed by atoms with Crippen molar-refractivity contribution in [2.75, 3.05) is 11.9 Å². The molecule has 3 aromatic rings. The van der Waals surface area contributed by atoms with Gasteiger partial charge in [0.15, 0.2) is 0 Å². The minimum absolute atomic E-state index is 0.00304. The molecule has 2 aliphatic carbocycles. The summed E-state index contributed by atoms with van der Waals surface area (Å²) in [6.45, 7) is 2.77. The van der Waals surface area contributed by atoms with Gasteiger partial charge in [-0.2, -0.15) is 4.98 Å². The summed E-state index contributed by atoms with van der Waals surface area (Å²) in [7, 11) is 0. The van der Waals surface area contributed by atoms with Gasteiger partial charge in [-0.05, 0) is 62.8 Å². The van der Waals surface area contributed by atoms with Crippen molar-refractivity contribution in [2.24, 2.45) is 5.92 Å². The SMILES string of the molecule is CC1(O)CCC(n2c(=O)c3ccccc3c3cnc(NCC4CCC4)nc32)CC1. The van der Waals surface area contributed by atoms with Gasteiger partial charge in [0.1, 0.15) is 5.65 Å². The van der Waals surface area contributed by atoms with E-state index < -0.39 is 5.60 Å². The summed E-state index contributed by atoms with van der Waals surface area (Å²) in [6.07, 6.45) is 8.61. The van der Waals surface area contributed by atoms with Gasteiger partial charge in [0.25, 0.3) is 5.56 Å². The molecule has 2 heterocycles. The van der Waals surface area contributed by atoms with Crippen LogP contribution >= 0.6 is 0 Å². The number of pyridine rings is 1. The van der Waals surface area contributed by atoms with Crippen molar-refractivity contribution in [1.29, 1.82) is 0 Å². The van der Waals surface area contributed by atoms with Crippen LogP contribution in [0.3, 0.4) is 0 Å². The van der Waals surface area contributed by atoms with Crippen molar-refractivity contribution < 1.29 is 5.11 Å². The van der Waals surface area contributed by atoms with E-state index in [4.69, 9.17) is 4.98 Å². The maximum Gasteiger partial charge on any atom is 0.260 e. The van der Waals surface area contributed by atoms with Crippen LogP contribution < -0.4 is 10.9 Å². The number of nitrogens with zero attached hydrogens (tertiary/aromatic N) is 3. The number of benzene rings is 1. The average molecular weight is 393 g/mol. The van der Waals surface area contributed by atoms with Crippen LogP contribution in [0.4, 0.5) is 5.95 Å². The third-order valence-corrected chi connectivity index (χ3v) is 6.83. The first-order valence-corrected chi connectivity index (χ1v) is 10.8. The molecule has 0 radical (unpaired) electrons. The molecule has 0 saturated heterocycles. The predicted molar refractivity (Wildman–Crippen MR) is 115 cm³/mol. The van der Waals surface area contributed by atoms with Crippen LogP contribution in [0.5, 0.6) is 0 Å². The van der Waals surface area contributed by atoms with Gasteiger partial charge in [0.05, 0.1) is 5.60 Å². The Morgan fingerprint density at radius 2 is 1.86 bits per heavy atom.